The highest BCUT2D eigenvalue weighted by Crippen LogP contribution is 2.26. The molecule has 1 aliphatic rings. The van der Waals surface area contributed by atoms with E-state index in [4.69, 9.17) is 10.5 Å². The maximum Gasteiger partial charge on any atom is 0.158 e. The van der Waals surface area contributed by atoms with Crippen molar-refractivity contribution in [2.75, 3.05) is 13.2 Å². The van der Waals surface area contributed by atoms with E-state index in [1.165, 1.54) is 0 Å². The van der Waals surface area contributed by atoms with E-state index >= 15 is 0 Å². The van der Waals surface area contributed by atoms with E-state index in [2.05, 4.69) is 5.10 Å². The highest BCUT2D eigenvalue weighted by Gasteiger charge is 2.19. The zero-order chi connectivity index (χ0) is 10.8. The van der Waals surface area contributed by atoms with E-state index in [0.717, 1.165) is 26.1 Å². The second-order valence-corrected chi connectivity index (χ2v) is 4.01. The molecule has 1 aromatic heterocycles. The molecule has 0 bridgehead atoms. The van der Waals surface area contributed by atoms with Crippen molar-refractivity contribution in [3.63, 3.8) is 0 Å². The summed E-state index contributed by atoms with van der Waals surface area (Å²) in [5.74, 6) is 0.191. The zero-order valence-electron chi connectivity index (χ0n) is 8.89. The number of rotatable bonds is 2. The van der Waals surface area contributed by atoms with E-state index in [9.17, 15) is 5.11 Å². The van der Waals surface area contributed by atoms with E-state index in [0.29, 0.717) is 11.7 Å². The van der Waals surface area contributed by atoms with Crippen LogP contribution in [0.25, 0.3) is 0 Å². The highest BCUT2D eigenvalue weighted by molar-refractivity contribution is 5.25. The lowest BCUT2D eigenvalue weighted by atomic mass is 10.1. The summed E-state index contributed by atoms with van der Waals surface area (Å²) in [7, 11) is 0. The van der Waals surface area contributed by atoms with Crippen LogP contribution in [0.15, 0.2) is 6.20 Å². The number of ether oxygens (including phenoxy) is 1. The number of aromatic nitrogens is 2. The van der Waals surface area contributed by atoms with Crippen LogP contribution >= 0.6 is 0 Å². The molecule has 1 fully saturated rings. The molecule has 5 heteroatoms. The van der Waals surface area contributed by atoms with Gasteiger partial charge in [0.1, 0.15) is 5.69 Å². The van der Waals surface area contributed by atoms with Gasteiger partial charge in [0, 0.05) is 19.3 Å². The molecule has 0 aromatic carbocycles. The van der Waals surface area contributed by atoms with Crippen LogP contribution in [0, 0.1) is 0 Å². The van der Waals surface area contributed by atoms with Crippen LogP contribution in [0.3, 0.4) is 0 Å². The Morgan fingerprint density at radius 1 is 1.60 bits per heavy atom. The molecular formula is C10H17N3O2. The summed E-state index contributed by atoms with van der Waals surface area (Å²) >= 11 is 0. The van der Waals surface area contributed by atoms with Gasteiger partial charge in [-0.2, -0.15) is 5.10 Å². The predicted molar refractivity (Wildman–Crippen MR) is 55.6 cm³/mol. The fourth-order valence-corrected chi connectivity index (χ4v) is 1.86. The van der Waals surface area contributed by atoms with E-state index in [1.54, 1.807) is 6.20 Å². The smallest absolute Gasteiger partial charge is 0.158 e. The second kappa shape index (κ2) is 4.20. The third-order valence-electron chi connectivity index (χ3n) is 2.74. The second-order valence-electron chi connectivity index (χ2n) is 4.01. The fraction of sp³-hybridized carbons (Fsp3) is 0.700. The Balaban J connectivity index is 2.17. The monoisotopic (exact) mass is 211 g/mol. The Hall–Kier alpha value is -1.07. The summed E-state index contributed by atoms with van der Waals surface area (Å²) in [6.07, 6.45) is 3.55. The lowest BCUT2D eigenvalue weighted by Crippen LogP contribution is -2.20. The van der Waals surface area contributed by atoms with Crippen LogP contribution in [-0.4, -0.2) is 28.1 Å². The Labute approximate surface area is 88.8 Å². The standard InChI is InChI=1S/C10H17N3O2/c1-7(11)10-9(14)6-13(12-10)8-2-4-15-5-3-8/h6-8,14H,2-5,11H2,1H3. The molecule has 2 heterocycles. The van der Waals surface area contributed by atoms with Crippen LogP contribution in [0.5, 0.6) is 5.75 Å². The molecule has 3 N–H and O–H groups in total. The Bertz CT molecular complexity index is 329. The molecule has 2 rings (SSSR count). The number of aromatic hydroxyl groups is 1. The number of hydrogen-bond acceptors (Lipinski definition) is 4. The summed E-state index contributed by atoms with van der Waals surface area (Å²) in [5.41, 5.74) is 6.27. The molecule has 1 aromatic rings. The van der Waals surface area contributed by atoms with Gasteiger partial charge in [0.2, 0.25) is 0 Å². The first-order valence-electron chi connectivity index (χ1n) is 5.30. The quantitative estimate of drug-likeness (QED) is 0.764. The largest absolute Gasteiger partial charge is 0.504 e. The minimum atomic E-state index is -0.230. The van der Waals surface area contributed by atoms with E-state index in [-0.39, 0.29) is 11.8 Å². The summed E-state index contributed by atoms with van der Waals surface area (Å²) in [5, 5.41) is 14.0. The average Bonchev–Trinajstić information content (AvgIpc) is 2.62. The van der Waals surface area contributed by atoms with Crippen LogP contribution in [0.2, 0.25) is 0 Å². The van der Waals surface area contributed by atoms with Gasteiger partial charge in [-0.15, -0.1) is 0 Å². The van der Waals surface area contributed by atoms with Crippen molar-refractivity contribution < 1.29 is 9.84 Å². The third-order valence-corrected chi connectivity index (χ3v) is 2.74. The van der Waals surface area contributed by atoms with Crippen LogP contribution in [0.4, 0.5) is 0 Å². The molecule has 0 radical (unpaired) electrons. The van der Waals surface area contributed by atoms with Crippen molar-refractivity contribution in [2.45, 2.75) is 31.8 Å². The van der Waals surface area contributed by atoms with Gasteiger partial charge in [-0.1, -0.05) is 0 Å². The zero-order valence-corrected chi connectivity index (χ0v) is 8.89. The van der Waals surface area contributed by atoms with Gasteiger partial charge in [-0.3, -0.25) is 4.68 Å². The topological polar surface area (TPSA) is 73.3 Å². The summed E-state index contributed by atoms with van der Waals surface area (Å²) in [6, 6.07) is 0.100. The van der Waals surface area contributed by atoms with Crippen molar-refractivity contribution in [1.82, 2.24) is 9.78 Å². The Morgan fingerprint density at radius 3 is 2.80 bits per heavy atom. The van der Waals surface area contributed by atoms with Gasteiger partial charge < -0.3 is 15.6 Å². The lowest BCUT2D eigenvalue weighted by molar-refractivity contribution is 0.0660. The van der Waals surface area contributed by atoms with Gasteiger partial charge in [0.25, 0.3) is 0 Å². The summed E-state index contributed by atoms with van der Waals surface area (Å²) in [4.78, 5) is 0. The Kier molecular flexibility index (Phi) is 2.93. The van der Waals surface area contributed by atoms with Crippen LogP contribution in [0.1, 0.15) is 37.5 Å². The molecule has 0 spiro atoms. The maximum absolute atomic E-state index is 9.64. The molecule has 1 unspecified atom stereocenters. The molecule has 0 saturated carbocycles. The van der Waals surface area contributed by atoms with E-state index in [1.807, 2.05) is 11.6 Å². The van der Waals surface area contributed by atoms with Crippen LogP contribution < -0.4 is 5.73 Å². The molecule has 1 aliphatic heterocycles. The molecular weight excluding hydrogens is 194 g/mol. The van der Waals surface area contributed by atoms with Crippen molar-refractivity contribution in [1.29, 1.82) is 0 Å². The Morgan fingerprint density at radius 2 is 2.27 bits per heavy atom. The minimum absolute atomic E-state index is 0.191. The molecule has 0 amide bonds. The predicted octanol–water partition coefficient (Wildman–Crippen LogP) is 0.960. The fourth-order valence-electron chi connectivity index (χ4n) is 1.86. The molecule has 84 valence electrons. The molecule has 0 aliphatic carbocycles. The normalized spacial score (nSPS) is 20.4. The van der Waals surface area contributed by atoms with Crippen molar-refractivity contribution >= 4 is 0 Å². The molecule has 5 nitrogen and oxygen atoms in total. The summed E-state index contributed by atoms with van der Waals surface area (Å²) < 4.78 is 7.09. The van der Waals surface area contributed by atoms with Gasteiger partial charge in [0.05, 0.1) is 12.2 Å². The molecule has 15 heavy (non-hydrogen) atoms. The van der Waals surface area contributed by atoms with Crippen LogP contribution in [-0.2, 0) is 4.74 Å². The third kappa shape index (κ3) is 2.13. The van der Waals surface area contributed by atoms with E-state index < -0.39 is 0 Å². The first-order chi connectivity index (χ1) is 7.18. The molecule has 1 atom stereocenters. The lowest BCUT2D eigenvalue weighted by Gasteiger charge is -2.22. The molecule has 1 saturated heterocycles. The first-order valence-corrected chi connectivity index (χ1v) is 5.30. The van der Waals surface area contributed by atoms with Gasteiger partial charge in [0.15, 0.2) is 5.75 Å². The van der Waals surface area contributed by atoms with Crippen molar-refractivity contribution in [3.8, 4) is 5.75 Å². The van der Waals surface area contributed by atoms with Gasteiger partial charge in [-0.05, 0) is 19.8 Å². The first kappa shape index (κ1) is 10.4. The SMILES string of the molecule is CC(N)c1nn(C2CCOCC2)cc1O. The number of nitrogens with two attached hydrogens (primary N) is 1. The highest BCUT2D eigenvalue weighted by atomic mass is 16.5. The van der Waals surface area contributed by atoms with Gasteiger partial charge >= 0.3 is 0 Å². The maximum atomic E-state index is 9.64. The average molecular weight is 211 g/mol. The minimum Gasteiger partial charge on any atom is -0.504 e. The summed E-state index contributed by atoms with van der Waals surface area (Å²) in [6.45, 7) is 3.34. The van der Waals surface area contributed by atoms with Crippen molar-refractivity contribution in [2.24, 2.45) is 5.73 Å². The number of hydrogen-bond donors (Lipinski definition) is 2. The van der Waals surface area contributed by atoms with Crippen molar-refractivity contribution in [3.05, 3.63) is 11.9 Å². The van der Waals surface area contributed by atoms with Gasteiger partial charge in [-0.25, -0.2) is 0 Å². The number of nitrogens with zero attached hydrogens (tertiary/aromatic N) is 2.